The second-order valence-corrected chi connectivity index (χ2v) is 10.3. The zero-order valence-electron chi connectivity index (χ0n) is 22.0. The third kappa shape index (κ3) is 8.09. The molecule has 0 aliphatic carbocycles. The Balaban J connectivity index is 1.35. The predicted octanol–water partition coefficient (Wildman–Crippen LogP) is 5.59. The van der Waals surface area contributed by atoms with Gasteiger partial charge in [-0.25, -0.2) is 4.79 Å². The zero-order valence-corrected chi connectivity index (χ0v) is 22.8. The molecule has 3 aromatic rings. The first-order valence-electron chi connectivity index (χ1n) is 12.5. The van der Waals surface area contributed by atoms with Crippen molar-refractivity contribution in [1.29, 1.82) is 0 Å². The van der Waals surface area contributed by atoms with Crippen LogP contribution in [0.25, 0.3) is 0 Å². The van der Waals surface area contributed by atoms with Crippen LogP contribution in [0.5, 0.6) is 0 Å². The van der Waals surface area contributed by atoms with Crippen LogP contribution in [-0.2, 0) is 29.3 Å². The summed E-state index contributed by atoms with van der Waals surface area (Å²) >= 11 is 0. The lowest BCUT2D eigenvalue weighted by atomic mass is 10.2. The first-order chi connectivity index (χ1) is 19.6. The molecule has 1 aliphatic heterocycles. The van der Waals surface area contributed by atoms with E-state index in [4.69, 9.17) is 4.84 Å². The average molecular weight is 579 g/mol. The molecular formula is C27H26N6O7S. The Kier molecular flexibility index (Phi) is 9.26. The zero-order chi connectivity index (χ0) is 29.4. The summed E-state index contributed by atoms with van der Waals surface area (Å²) in [4.78, 5) is 41.3. The molecule has 13 nitrogen and oxygen atoms in total. The van der Waals surface area contributed by atoms with Crippen molar-refractivity contribution in [3.63, 3.8) is 0 Å². The SMILES string of the molecule is CN(CCCC(=O)ON1C(=O)CCC1=O)c1ccc(N=Nc2ccc(N=Nc3ccccc3)cc2S(=O)(=O)O)cc1. The van der Waals surface area contributed by atoms with Crippen LogP contribution in [0.4, 0.5) is 28.4 Å². The number of anilines is 1. The van der Waals surface area contributed by atoms with E-state index >= 15 is 0 Å². The Hall–Kier alpha value is -4.82. The Morgan fingerprint density at radius 2 is 1.46 bits per heavy atom. The molecule has 0 radical (unpaired) electrons. The lowest BCUT2D eigenvalue weighted by Gasteiger charge is -2.19. The summed E-state index contributed by atoms with van der Waals surface area (Å²) in [6.07, 6.45) is 0.531. The van der Waals surface area contributed by atoms with Crippen LogP contribution in [0.1, 0.15) is 25.7 Å². The van der Waals surface area contributed by atoms with E-state index in [9.17, 15) is 27.4 Å². The van der Waals surface area contributed by atoms with Crippen molar-refractivity contribution in [3.8, 4) is 0 Å². The van der Waals surface area contributed by atoms with Crippen molar-refractivity contribution in [3.05, 3.63) is 72.8 Å². The Morgan fingerprint density at radius 3 is 2.12 bits per heavy atom. The molecule has 0 saturated carbocycles. The monoisotopic (exact) mass is 578 g/mol. The van der Waals surface area contributed by atoms with Gasteiger partial charge in [0.05, 0.1) is 17.1 Å². The molecule has 4 rings (SSSR count). The number of azo groups is 2. The predicted molar refractivity (Wildman–Crippen MR) is 147 cm³/mol. The third-order valence-corrected chi connectivity index (χ3v) is 6.78. The molecule has 0 bridgehead atoms. The highest BCUT2D eigenvalue weighted by Crippen LogP contribution is 2.31. The normalized spacial score (nSPS) is 13.9. The van der Waals surface area contributed by atoms with Crippen LogP contribution in [0.3, 0.4) is 0 Å². The van der Waals surface area contributed by atoms with E-state index in [1.165, 1.54) is 12.1 Å². The highest BCUT2D eigenvalue weighted by atomic mass is 32.2. The second-order valence-electron chi connectivity index (χ2n) is 8.95. The van der Waals surface area contributed by atoms with Crippen LogP contribution in [-0.4, -0.2) is 49.4 Å². The second kappa shape index (κ2) is 13.0. The molecule has 0 atom stereocenters. The average Bonchev–Trinajstić information content (AvgIpc) is 3.27. The van der Waals surface area contributed by atoms with Gasteiger partial charge in [-0.1, -0.05) is 18.2 Å². The fourth-order valence-electron chi connectivity index (χ4n) is 3.74. The molecule has 1 heterocycles. The fourth-order valence-corrected chi connectivity index (χ4v) is 4.39. The van der Waals surface area contributed by atoms with Crippen LogP contribution >= 0.6 is 0 Å². The van der Waals surface area contributed by atoms with E-state index in [1.54, 1.807) is 48.5 Å². The van der Waals surface area contributed by atoms with Crippen molar-refractivity contribution >= 4 is 56.3 Å². The van der Waals surface area contributed by atoms with E-state index in [0.29, 0.717) is 29.4 Å². The van der Waals surface area contributed by atoms with Gasteiger partial charge in [0.2, 0.25) is 0 Å². The minimum Gasteiger partial charge on any atom is -0.375 e. The molecular weight excluding hydrogens is 552 g/mol. The van der Waals surface area contributed by atoms with Gasteiger partial charge in [0.25, 0.3) is 21.9 Å². The number of hydrogen-bond acceptors (Lipinski definition) is 11. The van der Waals surface area contributed by atoms with Gasteiger partial charge >= 0.3 is 5.97 Å². The topological polar surface area (TPSA) is 171 Å². The Labute approximate surface area is 235 Å². The minimum absolute atomic E-state index is 0.0240. The number of rotatable bonds is 11. The molecule has 1 fully saturated rings. The number of imide groups is 1. The third-order valence-electron chi connectivity index (χ3n) is 5.90. The summed E-state index contributed by atoms with van der Waals surface area (Å²) in [5.41, 5.74) is 1.96. The van der Waals surface area contributed by atoms with Gasteiger partial charge in [-0.3, -0.25) is 14.1 Å². The van der Waals surface area contributed by atoms with Crippen LogP contribution in [0.2, 0.25) is 0 Å². The van der Waals surface area contributed by atoms with Crippen molar-refractivity contribution in [2.75, 3.05) is 18.5 Å². The van der Waals surface area contributed by atoms with Gasteiger partial charge in [0.1, 0.15) is 10.6 Å². The Bertz CT molecular complexity index is 1580. The van der Waals surface area contributed by atoms with Crippen LogP contribution in [0.15, 0.2) is 98.1 Å². The number of benzene rings is 3. The van der Waals surface area contributed by atoms with Gasteiger partial charge in [0, 0.05) is 38.5 Å². The molecule has 14 heteroatoms. The minimum atomic E-state index is -4.62. The summed E-state index contributed by atoms with van der Waals surface area (Å²) in [5.74, 6) is -1.70. The standard InChI is InChI=1S/C27H26N6O7S/c1-32(17-5-8-27(36)40-33-25(34)15-16-26(33)35)22-12-9-20(10-13-22)29-31-23-14-11-21(18-24(23)41(37,38)39)30-28-19-6-3-2-4-7-19/h2-4,6-7,9-14,18H,5,8,15-17H2,1H3,(H,37,38,39). The van der Waals surface area contributed by atoms with Crippen LogP contribution < -0.4 is 4.90 Å². The lowest BCUT2D eigenvalue weighted by Crippen LogP contribution is -2.32. The van der Waals surface area contributed by atoms with E-state index < -0.39 is 32.8 Å². The number of carbonyl (C=O) groups is 3. The maximum absolute atomic E-state index is 12.0. The number of nitrogens with zero attached hydrogens (tertiary/aromatic N) is 6. The maximum atomic E-state index is 12.0. The van der Waals surface area contributed by atoms with Gasteiger partial charge in [-0.05, 0) is 61.0 Å². The number of hydroxylamine groups is 2. The summed E-state index contributed by atoms with van der Waals surface area (Å²) < 4.78 is 33.6. The quantitative estimate of drug-likeness (QED) is 0.174. The van der Waals surface area contributed by atoms with Gasteiger partial charge in [-0.2, -0.15) is 23.8 Å². The van der Waals surface area contributed by atoms with Crippen molar-refractivity contribution in [1.82, 2.24) is 5.06 Å². The highest BCUT2D eigenvalue weighted by Gasteiger charge is 2.32. The molecule has 3 aromatic carbocycles. The largest absolute Gasteiger partial charge is 0.375 e. The fraction of sp³-hybridized carbons (Fsp3) is 0.222. The summed E-state index contributed by atoms with van der Waals surface area (Å²) in [7, 11) is -2.80. The molecule has 1 aliphatic rings. The molecule has 0 aromatic heterocycles. The van der Waals surface area contributed by atoms with Crippen molar-refractivity contribution in [2.24, 2.45) is 20.5 Å². The molecule has 2 amide bonds. The van der Waals surface area contributed by atoms with Crippen molar-refractivity contribution < 1.29 is 32.2 Å². The van der Waals surface area contributed by atoms with Gasteiger partial charge < -0.3 is 9.74 Å². The molecule has 1 N–H and O–H groups in total. The number of hydrogen-bond donors (Lipinski definition) is 1. The summed E-state index contributed by atoms with van der Waals surface area (Å²) in [6.45, 7) is 0.490. The Morgan fingerprint density at radius 1 is 0.878 bits per heavy atom. The van der Waals surface area contributed by atoms with E-state index in [2.05, 4.69) is 20.5 Å². The van der Waals surface area contributed by atoms with E-state index in [-0.39, 0.29) is 30.6 Å². The lowest BCUT2D eigenvalue weighted by molar-refractivity contribution is -0.197. The number of carbonyl (C=O) groups excluding carboxylic acids is 3. The summed E-state index contributed by atoms with van der Waals surface area (Å²) in [6, 6.07) is 19.8. The molecule has 0 spiro atoms. The van der Waals surface area contributed by atoms with Gasteiger partial charge in [0.15, 0.2) is 0 Å². The summed E-state index contributed by atoms with van der Waals surface area (Å²) in [5, 5.41) is 16.7. The molecule has 41 heavy (non-hydrogen) atoms. The van der Waals surface area contributed by atoms with Crippen LogP contribution in [0, 0.1) is 0 Å². The molecule has 212 valence electrons. The smallest absolute Gasteiger partial charge is 0.333 e. The first-order valence-corrected chi connectivity index (χ1v) is 13.9. The number of amides is 2. The van der Waals surface area contributed by atoms with E-state index in [0.717, 1.165) is 11.8 Å². The van der Waals surface area contributed by atoms with E-state index in [1.807, 2.05) is 18.0 Å². The van der Waals surface area contributed by atoms with Crippen molar-refractivity contribution in [2.45, 2.75) is 30.6 Å². The molecule has 0 unspecified atom stereocenters. The maximum Gasteiger partial charge on any atom is 0.333 e. The molecule has 1 saturated heterocycles. The first kappa shape index (κ1) is 29.2. The highest BCUT2D eigenvalue weighted by molar-refractivity contribution is 7.86. The van der Waals surface area contributed by atoms with Gasteiger partial charge in [-0.15, -0.1) is 10.2 Å².